The lowest BCUT2D eigenvalue weighted by atomic mass is 9.97. The van der Waals surface area contributed by atoms with Gasteiger partial charge in [-0.05, 0) is 35.7 Å². The van der Waals surface area contributed by atoms with Crippen molar-refractivity contribution in [2.75, 3.05) is 19.0 Å². The van der Waals surface area contributed by atoms with E-state index in [2.05, 4.69) is 0 Å². The van der Waals surface area contributed by atoms with Crippen LogP contribution in [0.4, 0.5) is 5.69 Å². The van der Waals surface area contributed by atoms with Crippen molar-refractivity contribution in [3.05, 3.63) is 65.2 Å². The zero-order valence-electron chi connectivity index (χ0n) is 11.1. The van der Waals surface area contributed by atoms with Gasteiger partial charge in [0.1, 0.15) is 6.10 Å². The number of hydrogen-bond donors (Lipinski definition) is 1. The smallest absolute Gasteiger partial charge is 0.104 e. The van der Waals surface area contributed by atoms with Crippen LogP contribution in [0.3, 0.4) is 0 Å². The minimum Gasteiger partial charge on any atom is -0.384 e. The van der Waals surface area contributed by atoms with Crippen LogP contribution < -0.4 is 4.90 Å². The molecule has 0 spiro atoms. The zero-order chi connectivity index (χ0) is 13.1. The van der Waals surface area contributed by atoms with Gasteiger partial charge in [-0.25, -0.2) is 0 Å². The average Bonchev–Trinajstić information content (AvgIpc) is 2.38. The van der Waals surface area contributed by atoms with Gasteiger partial charge in [0.2, 0.25) is 0 Å². The van der Waals surface area contributed by atoms with E-state index in [4.69, 9.17) is 0 Å². The maximum atomic E-state index is 10.5. The fraction of sp³-hybridized carbons (Fsp3) is 0.250. The SMILES string of the molecule is Cc1ccccc1C(O)c1cccc(N(C)C)c1. The Morgan fingerprint density at radius 2 is 1.72 bits per heavy atom. The fourth-order valence-corrected chi connectivity index (χ4v) is 2.05. The zero-order valence-corrected chi connectivity index (χ0v) is 11.1. The number of aliphatic hydroxyl groups excluding tert-OH is 1. The summed E-state index contributed by atoms with van der Waals surface area (Å²) in [6, 6.07) is 15.9. The fourth-order valence-electron chi connectivity index (χ4n) is 2.05. The summed E-state index contributed by atoms with van der Waals surface area (Å²) in [7, 11) is 4.00. The second-order valence-electron chi connectivity index (χ2n) is 4.75. The van der Waals surface area contributed by atoms with Gasteiger partial charge in [0.15, 0.2) is 0 Å². The highest BCUT2D eigenvalue weighted by atomic mass is 16.3. The van der Waals surface area contributed by atoms with Crippen molar-refractivity contribution in [2.45, 2.75) is 13.0 Å². The molecule has 1 N–H and O–H groups in total. The maximum absolute atomic E-state index is 10.5. The van der Waals surface area contributed by atoms with Crippen LogP contribution in [0.5, 0.6) is 0 Å². The molecular weight excluding hydrogens is 222 g/mol. The summed E-state index contributed by atoms with van der Waals surface area (Å²) in [6.45, 7) is 2.02. The lowest BCUT2D eigenvalue weighted by Gasteiger charge is -2.17. The van der Waals surface area contributed by atoms with Crippen molar-refractivity contribution in [3.8, 4) is 0 Å². The van der Waals surface area contributed by atoms with Gasteiger partial charge in [0.25, 0.3) is 0 Å². The second kappa shape index (κ2) is 5.23. The van der Waals surface area contributed by atoms with Gasteiger partial charge in [-0.3, -0.25) is 0 Å². The van der Waals surface area contributed by atoms with Gasteiger partial charge >= 0.3 is 0 Å². The number of rotatable bonds is 3. The molecule has 0 heterocycles. The molecule has 0 aliphatic rings. The minimum atomic E-state index is -0.564. The third-order valence-corrected chi connectivity index (χ3v) is 3.19. The molecule has 1 unspecified atom stereocenters. The molecule has 0 aliphatic heterocycles. The molecule has 0 aliphatic carbocycles. The molecule has 94 valence electrons. The van der Waals surface area contributed by atoms with Crippen molar-refractivity contribution in [1.82, 2.24) is 0 Å². The predicted molar refractivity (Wildman–Crippen MR) is 76.0 cm³/mol. The van der Waals surface area contributed by atoms with Crippen molar-refractivity contribution in [2.24, 2.45) is 0 Å². The highest BCUT2D eigenvalue weighted by Crippen LogP contribution is 2.26. The standard InChI is InChI=1S/C16H19NO/c1-12-7-4-5-10-15(12)16(18)13-8-6-9-14(11-13)17(2)3/h4-11,16,18H,1-3H3. The summed E-state index contributed by atoms with van der Waals surface area (Å²) in [5.41, 5.74) is 4.10. The van der Waals surface area contributed by atoms with Gasteiger partial charge in [-0.15, -0.1) is 0 Å². The molecule has 2 aromatic rings. The quantitative estimate of drug-likeness (QED) is 0.892. The van der Waals surface area contributed by atoms with Crippen LogP contribution in [0.15, 0.2) is 48.5 Å². The average molecular weight is 241 g/mol. The Labute approximate surface area is 109 Å². The van der Waals surface area contributed by atoms with Crippen LogP contribution in [0, 0.1) is 6.92 Å². The normalized spacial score (nSPS) is 12.2. The van der Waals surface area contributed by atoms with Crippen molar-refractivity contribution in [1.29, 1.82) is 0 Å². The van der Waals surface area contributed by atoms with Crippen LogP contribution in [0.2, 0.25) is 0 Å². The molecular formula is C16H19NO. The summed E-state index contributed by atoms with van der Waals surface area (Å²) in [6.07, 6.45) is -0.564. The molecule has 0 saturated heterocycles. The first-order valence-corrected chi connectivity index (χ1v) is 6.10. The molecule has 2 rings (SSSR count). The third kappa shape index (κ3) is 2.54. The summed E-state index contributed by atoms with van der Waals surface area (Å²) < 4.78 is 0. The van der Waals surface area contributed by atoms with E-state index < -0.39 is 6.10 Å². The Balaban J connectivity index is 2.37. The molecule has 0 amide bonds. The van der Waals surface area contributed by atoms with Gasteiger partial charge in [0.05, 0.1) is 0 Å². The lowest BCUT2D eigenvalue weighted by molar-refractivity contribution is 0.219. The van der Waals surface area contributed by atoms with Crippen LogP contribution in [-0.4, -0.2) is 19.2 Å². The van der Waals surface area contributed by atoms with E-state index >= 15 is 0 Å². The van der Waals surface area contributed by atoms with E-state index in [1.807, 2.05) is 74.4 Å². The molecule has 1 atom stereocenters. The first-order chi connectivity index (χ1) is 8.59. The number of aliphatic hydroxyl groups is 1. The third-order valence-electron chi connectivity index (χ3n) is 3.19. The number of hydrogen-bond acceptors (Lipinski definition) is 2. The van der Waals surface area contributed by atoms with Gasteiger partial charge in [-0.2, -0.15) is 0 Å². The lowest BCUT2D eigenvalue weighted by Crippen LogP contribution is -2.10. The first-order valence-electron chi connectivity index (χ1n) is 6.10. The summed E-state index contributed by atoms with van der Waals surface area (Å²) in [5.74, 6) is 0. The number of nitrogens with zero attached hydrogens (tertiary/aromatic N) is 1. The van der Waals surface area contributed by atoms with E-state index in [9.17, 15) is 5.11 Å². The topological polar surface area (TPSA) is 23.5 Å². The van der Waals surface area contributed by atoms with E-state index in [0.29, 0.717) is 0 Å². The van der Waals surface area contributed by atoms with Gasteiger partial charge in [-0.1, -0.05) is 36.4 Å². The van der Waals surface area contributed by atoms with E-state index in [1.165, 1.54) is 0 Å². The van der Waals surface area contributed by atoms with Crippen LogP contribution >= 0.6 is 0 Å². The molecule has 2 nitrogen and oxygen atoms in total. The van der Waals surface area contributed by atoms with Gasteiger partial charge < -0.3 is 10.0 Å². The predicted octanol–water partition coefficient (Wildman–Crippen LogP) is 3.14. The Morgan fingerprint density at radius 1 is 1.00 bits per heavy atom. The summed E-state index contributed by atoms with van der Waals surface area (Å²) >= 11 is 0. The number of anilines is 1. The number of aryl methyl sites for hydroxylation is 1. The Hall–Kier alpha value is -1.80. The molecule has 0 aromatic heterocycles. The summed E-state index contributed by atoms with van der Waals surface area (Å²) in [4.78, 5) is 2.04. The van der Waals surface area contributed by atoms with Crippen LogP contribution in [-0.2, 0) is 0 Å². The first kappa shape index (κ1) is 12.7. The van der Waals surface area contributed by atoms with E-state index in [-0.39, 0.29) is 0 Å². The van der Waals surface area contributed by atoms with Gasteiger partial charge in [0, 0.05) is 19.8 Å². The molecule has 18 heavy (non-hydrogen) atoms. The van der Waals surface area contributed by atoms with Crippen molar-refractivity contribution >= 4 is 5.69 Å². The van der Waals surface area contributed by atoms with Crippen molar-refractivity contribution in [3.63, 3.8) is 0 Å². The monoisotopic (exact) mass is 241 g/mol. The highest BCUT2D eigenvalue weighted by molar-refractivity contribution is 5.49. The Kier molecular flexibility index (Phi) is 3.68. The molecule has 2 heteroatoms. The molecule has 0 fully saturated rings. The summed E-state index contributed by atoms with van der Waals surface area (Å²) in [5, 5.41) is 10.5. The second-order valence-corrected chi connectivity index (χ2v) is 4.75. The minimum absolute atomic E-state index is 0.564. The molecule has 0 saturated carbocycles. The number of benzene rings is 2. The Morgan fingerprint density at radius 3 is 2.39 bits per heavy atom. The van der Waals surface area contributed by atoms with Crippen LogP contribution in [0.25, 0.3) is 0 Å². The largest absolute Gasteiger partial charge is 0.384 e. The van der Waals surface area contributed by atoms with Crippen LogP contribution in [0.1, 0.15) is 22.8 Å². The van der Waals surface area contributed by atoms with Crippen molar-refractivity contribution < 1.29 is 5.11 Å². The van der Waals surface area contributed by atoms with E-state index in [1.54, 1.807) is 0 Å². The Bertz CT molecular complexity index is 534. The molecule has 0 radical (unpaired) electrons. The maximum Gasteiger partial charge on any atom is 0.104 e. The van der Waals surface area contributed by atoms with E-state index in [0.717, 1.165) is 22.4 Å². The highest BCUT2D eigenvalue weighted by Gasteiger charge is 2.12. The molecule has 0 bridgehead atoms. The molecule has 2 aromatic carbocycles.